The Labute approximate surface area is 134 Å². The monoisotopic (exact) mass is 314 g/mol. The molecule has 22 heavy (non-hydrogen) atoms. The van der Waals surface area contributed by atoms with Gasteiger partial charge in [0.25, 0.3) is 5.91 Å². The molecule has 5 heteroatoms. The summed E-state index contributed by atoms with van der Waals surface area (Å²) in [5.74, 6) is 0.238. The van der Waals surface area contributed by atoms with Gasteiger partial charge in [0.05, 0.1) is 22.7 Å². The maximum atomic E-state index is 11.9. The van der Waals surface area contributed by atoms with E-state index in [0.29, 0.717) is 16.3 Å². The highest BCUT2D eigenvalue weighted by molar-refractivity contribution is 6.32. The van der Waals surface area contributed by atoms with Crippen molar-refractivity contribution in [1.82, 2.24) is 5.32 Å². The number of nitrogens with zero attached hydrogens (tertiary/aromatic N) is 1. The third-order valence-corrected chi connectivity index (χ3v) is 3.42. The highest BCUT2D eigenvalue weighted by Gasteiger charge is 2.11. The number of halogens is 1. The van der Waals surface area contributed by atoms with Crippen LogP contribution in [0.4, 0.5) is 0 Å². The van der Waals surface area contributed by atoms with Crippen LogP contribution in [0.3, 0.4) is 0 Å². The van der Waals surface area contributed by atoms with Crippen LogP contribution >= 0.6 is 11.6 Å². The minimum atomic E-state index is -0.239. The average Bonchev–Trinajstić information content (AvgIpc) is 2.54. The van der Waals surface area contributed by atoms with E-state index in [1.807, 2.05) is 19.1 Å². The number of para-hydroxylation sites is 1. The molecule has 0 fully saturated rings. The number of carbonyl (C=O) groups excluding carboxylic acids is 1. The zero-order chi connectivity index (χ0) is 15.9. The summed E-state index contributed by atoms with van der Waals surface area (Å²) in [5, 5.41) is 12.1. The molecule has 0 radical (unpaired) electrons. The summed E-state index contributed by atoms with van der Waals surface area (Å²) in [6.45, 7) is 1.76. The van der Waals surface area contributed by atoms with Gasteiger partial charge in [0.2, 0.25) is 0 Å². The lowest BCUT2D eigenvalue weighted by Crippen LogP contribution is -2.31. The fourth-order valence-corrected chi connectivity index (χ4v) is 2.11. The molecule has 0 heterocycles. The maximum Gasteiger partial charge on any atom is 0.258 e. The minimum absolute atomic E-state index is 0.107. The van der Waals surface area contributed by atoms with Crippen LogP contribution in [0, 0.1) is 11.3 Å². The number of benzene rings is 2. The Bertz CT molecular complexity index is 693. The van der Waals surface area contributed by atoms with E-state index in [2.05, 4.69) is 11.4 Å². The maximum absolute atomic E-state index is 11.9. The number of hydrogen-bond donors (Lipinski definition) is 1. The summed E-state index contributed by atoms with van der Waals surface area (Å²) in [6.07, 6.45) is 0. The lowest BCUT2D eigenvalue weighted by Gasteiger charge is -2.15. The molecular weight excluding hydrogens is 300 g/mol. The molecule has 0 spiro atoms. The van der Waals surface area contributed by atoms with Crippen molar-refractivity contribution in [2.75, 3.05) is 6.61 Å². The van der Waals surface area contributed by atoms with Gasteiger partial charge in [-0.05, 0) is 36.8 Å². The van der Waals surface area contributed by atoms with E-state index in [1.165, 1.54) is 0 Å². The first-order valence-corrected chi connectivity index (χ1v) is 7.14. The molecule has 0 aliphatic carbocycles. The van der Waals surface area contributed by atoms with E-state index >= 15 is 0 Å². The van der Waals surface area contributed by atoms with E-state index in [-0.39, 0.29) is 18.6 Å². The first kappa shape index (κ1) is 15.9. The third-order valence-electron chi connectivity index (χ3n) is 3.11. The molecular formula is C17H15ClN2O2. The Balaban J connectivity index is 1.88. The molecule has 1 N–H and O–H groups in total. The van der Waals surface area contributed by atoms with Crippen molar-refractivity contribution in [3.05, 3.63) is 64.7 Å². The van der Waals surface area contributed by atoms with Crippen LogP contribution < -0.4 is 10.1 Å². The third kappa shape index (κ3) is 4.24. The number of nitriles is 1. The molecule has 2 aromatic rings. The van der Waals surface area contributed by atoms with Gasteiger partial charge in [0.1, 0.15) is 5.75 Å². The molecule has 0 saturated heterocycles. The Morgan fingerprint density at radius 2 is 1.95 bits per heavy atom. The van der Waals surface area contributed by atoms with E-state index in [1.54, 1.807) is 36.4 Å². The summed E-state index contributed by atoms with van der Waals surface area (Å²) >= 11 is 5.95. The van der Waals surface area contributed by atoms with Crippen molar-refractivity contribution in [3.63, 3.8) is 0 Å². The zero-order valence-electron chi connectivity index (χ0n) is 12.0. The predicted octanol–water partition coefficient (Wildman–Crippen LogP) is 3.47. The summed E-state index contributed by atoms with van der Waals surface area (Å²) < 4.78 is 5.38. The highest BCUT2D eigenvalue weighted by Crippen LogP contribution is 2.23. The Hall–Kier alpha value is -2.51. The predicted molar refractivity (Wildman–Crippen MR) is 84.7 cm³/mol. The van der Waals surface area contributed by atoms with Crippen LogP contribution in [0.25, 0.3) is 0 Å². The van der Waals surface area contributed by atoms with Crippen molar-refractivity contribution < 1.29 is 9.53 Å². The lowest BCUT2D eigenvalue weighted by atomic mass is 10.1. The molecule has 0 saturated carbocycles. The van der Waals surface area contributed by atoms with Crippen molar-refractivity contribution >= 4 is 17.5 Å². The van der Waals surface area contributed by atoms with Gasteiger partial charge >= 0.3 is 0 Å². The van der Waals surface area contributed by atoms with Crippen LogP contribution in [-0.2, 0) is 4.79 Å². The van der Waals surface area contributed by atoms with Crippen molar-refractivity contribution in [3.8, 4) is 11.8 Å². The van der Waals surface area contributed by atoms with Crippen molar-refractivity contribution in [2.45, 2.75) is 13.0 Å². The van der Waals surface area contributed by atoms with E-state index < -0.39 is 0 Å². The molecule has 2 rings (SSSR count). The first-order valence-electron chi connectivity index (χ1n) is 6.77. The number of rotatable bonds is 5. The van der Waals surface area contributed by atoms with Gasteiger partial charge in [0.15, 0.2) is 6.61 Å². The molecule has 1 unspecified atom stereocenters. The van der Waals surface area contributed by atoms with Gasteiger partial charge < -0.3 is 10.1 Å². The smallest absolute Gasteiger partial charge is 0.258 e. The largest absolute Gasteiger partial charge is 0.482 e. The molecule has 1 amide bonds. The van der Waals surface area contributed by atoms with Gasteiger partial charge in [-0.3, -0.25) is 4.79 Å². The molecule has 2 aromatic carbocycles. The number of ether oxygens (including phenoxy) is 1. The molecule has 4 nitrogen and oxygen atoms in total. The summed E-state index contributed by atoms with van der Waals surface area (Å²) in [6, 6.07) is 16.0. The van der Waals surface area contributed by atoms with E-state index in [4.69, 9.17) is 21.6 Å². The van der Waals surface area contributed by atoms with E-state index in [0.717, 1.165) is 5.56 Å². The molecule has 0 aliphatic rings. The highest BCUT2D eigenvalue weighted by atomic mass is 35.5. The van der Waals surface area contributed by atoms with Gasteiger partial charge in [0, 0.05) is 0 Å². The Morgan fingerprint density at radius 1 is 1.27 bits per heavy atom. The van der Waals surface area contributed by atoms with Crippen molar-refractivity contribution in [2.24, 2.45) is 0 Å². The van der Waals surface area contributed by atoms with Crippen LogP contribution in [0.1, 0.15) is 24.1 Å². The molecule has 0 bridgehead atoms. The normalized spacial score (nSPS) is 11.3. The van der Waals surface area contributed by atoms with Gasteiger partial charge in [-0.15, -0.1) is 0 Å². The Kier molecular flexibility index (Phi) is 5.40. The van der Waals surface area contributed by atoms with Gasteiger partial charge in [-0.25, -0.2) is 0 Å². The topological polar surface area (TPSA) is 62.1 Å². The van der Waals surface area contributed by atoms with Crippen LogP contribution in [0.15, 0.2) is 48.5 Å². The second kappa shape index (κ2) is 7.48. The number of carbonyl (C=O) groups is 1. The van der Waals surface area contributed by atoms with Crippen LogP contribution in [0.2, 0.25) is 5.02 Å². The number of amides is 1. The van der Waals surface area contributed by atoms with Crippen LogP contribution in [0.5, 0.6) is 5.75 Å². The first-order chi connectivity index (χ1) is 10.6. The van der Waals surface area contributed by atoms with Gasteiger partial charge in [-0.1, -0.05) is 35.9 Å². The van der Waals surface area contributed by atoms with E-state index in [9.17, 15) is 4.79 Å². The van der Waals surface area contributed by atoms with Crippen LogP contribution in [-0.4, -0.2) is 12.5 Å². The molecule has 0 aliphatic heterocycles. The fourth-order valence-electron chi connectivity index (χ4n) is 1.92. The minimum Gasteiger partial charge on any atom is -0.482 e. The zero-order valence-corrected chi connectivity index (χ0v) is 12.8. The summed E-state index contributed by atoms with van der Waals surface area (Å²) in [4.78, 5) is 11.9. The standard InChI is InChI=1S/C17H15ClN2O2/c1-12(14-8-6-13(10-19)7-9-14)20-17(21)11-22-16-5-3-2-4-15(16)18/h2-9,12H,11H2,1H3,(H,20,21). The van der Waals surface area contributed by atoms with Crippen molar-refractivity contribution in [1.29, 1.82) is 5.26 Å². The lowest BCUT2D eigenvalue weighted by molar-refractivity contribution is -0.123. The summed E-state index contributed by atoms with van der Waals surface area (Å²) in [7, 11) is 0. The van der Waals surface area contributed by atoms with Gasteiger partial charge in [-0.2, -0.15) is 5.26 Å². The Morgan fingerprint density at radius 3 is 2.59 bits per heavy atom. The average molecular weight is 315 g/mol. The quantitative estimate of drug-likeness (QED) is 0.919. The molecule has 112 valence electrons. The second-order valence-corrected chi connectivity index (χ2v) is 5.15. The second-order valence-electron chi connectivity index (χ2n) is 4.74. The summed E-state index contributed by atoms with van der Waals surface area (Å²) in [5.41, 5.74) is 1.51. The molecule has 1 atom stereocenters. The number of nitrogens with one attached hydrogen (secondary N) is 1. The number of hydrogen-bond acceptors (Lipinski definition) is 3. The SMILES string of the molecule is CC(NC(=O)COc1ccccc1Cl)c1ccc(C#N)cc1. The molecule has 0 aromatic heterocycles. The fraction of sp³-hybridized carbons (Fsp3) is 0.176.